The average molecular weight is 189 g/mol. The van der Waals surface area contributed by atoms with Crippen molar-refractivity contribution in [1.82, 2.24) is 0 Å². The van der Waals surface area contributed by atoms with Crippen LogP contribution in [-0.2, 0) is 9.59 Å². The minimum absolute atomic E-state index is 0.0298. The molecule has 2 unspecified atom stereocenters. The van der Waals surface area contributed by atoms with Crippen molar-refractivity contribution < 1.29 is 19.8 Å². The summed E-state index contributed by atoms with van der Waals surface area (Å²) in [7, 11) is 0. The molecule has 0 aromatic heterocycles. The molecular weight excluding hydrogens is 174 g/mol. The predicted molar refractivity (Wildman–Crippen MR) is 46.3 cm³/mol. The number of nitrogens with two attached hydrogens (primary N) is 1. The molecule has 5 nitrogen and oxygen atoms in total. The summed E-state index contributed by atoms with van der Waals surface area (Å²) in [5, 5.41) is 16.8. The van der Waals surface area contributed by atoms with Gasteiger partial charge in [-0.2, -0.15) is 0 Å². The number of carboxylic acid groups (broad SMARTS) is 2. The van der Waals surface area contributed by atoms with E-state index in [1.807, 2.05) is 0 Å². The number of carboxylic acids is 2. The molecule has 0 aromatic carbocycles. The van der Waals surface area contributed by atoms with Crippen LogP contribution >= 0.6 is 0 Å². The maximum absolute atomic E-state index is 10.3. The zero-order chi connectivity index (χ0) is 10.4. The van der Waals surface area contributed by atoms with E-state index in [0.29, 0.717) is 12.8 Å². The fourth-order valence-electron chi connectivity index (χ4n) is 1.02. The molecular formula is C8H15NO4. The highest BCUT2D eigenvalue weighted by Crippen LogP contribution is 2.11. The number of hydrogen-bond donors (Lipinski definition) is 3. The molecule has 0 saturated carbocycles. The van der Waals surface area contributed by atoms with Gasteiger partial charge in [-0.05, 0) is 18.8 Å². The van der Waals surface area contributed by atoms with Gasteiger partial charge in [0.1, 0.15) is 6.04 Å². The summed E-state index contributed by atoms with van der Waals surface area (Å²) >= 11 is 0. The third-order valence-corrected chi connectivity index (χ3v) is 1.82. The second kappa shape index (κ2) is 5.53. The van der Waals surface area contributed by atoms with Crippen LogP contribution in [0.3, 0.4) is 0 Å². The lowest BCUT2D eigenvalue weighted by Crippen LogP contribution is -2.31. The Bertz CT molecular complexity index is 193. The van der Waals surface area contributed by atoms with E-state index in [9.17, 15) is 9.59 Å². The average Bonchev–Trinajstić information content (AvgIpc) is 2.00. The van der Waals surface area contributed by atoms with Crippen molar-refractivity contribution in [3.05, 3.63) is 0 Å². The normalized spacial score (nSPS) is 14.9. The van der Waals surface area contributed by atoms with Crippen LogP contribution in [0.15, 0.2) is 0 Å². The van der Waals surface area contributed by atoms with Gasteiger partial charge in [0, 0.05) is 6.42 Å². The van der Waals surface area contributed by atoms with Crippen LogP contribution in [0, 0.1) is 5.92 Å². The fraction of sp³-hybridized carbons (Fsp3) is 0.750. The van der Waals surface area contributed by atoms with Crippen molar-refractivity contribution in [3.63, 3.8) is 0 Å². The maximum atomic E-state index is 10.3. The van der Waals surface area contributed by atoms with Crippen LogP contribution in [0.5, 0.6) is 0 Å². The monoisotopic (exact) mass is 189 g/mol. The molecule has 0 aliphatic heterocycles. The van der Waals surface area contributed by atoms with Crippen molar-refractivity contribution in [2.45, 2.75) is 32.2 Å². The molecule has 0 bridgehead atoms. The summed E-state index contributed by atoms with van der Waals surface area (Å²) in [4.78, 5) is 20.5. The van der Waals surface area contributed by atoms with Crippen LogP contribution in [0.4, 0.5) is 0 Å². The van der Waals surface area contributed by atoms with Crippen molar-refractivity contribution >= 4 is 11.9 Å². The Hall–Kier alpha value is -1.10. The molecule has 0 heterocycles. The smallest absolute Gasteiger partial charge is 0.320 e. The number of hydrogen-bond acceptors (Lipinski definition) is 3. The van der Waals surface area contributed by atoms with Gasteiger partial charge in [0.2, 0.25) is 0 Å². The van der Waals surface area contributed by atoms with Gasteiger partial charge in [0.15, 0.2) is 0 Å². The zero-order valence-electron chi connectivity index (χ0n) is 7.56. The third kappa shape index (κ3) is 6.10. The second-order valence-electron chi connectivity index (χ2n) is 3.22. The highest BCUT2D eigenvalue weighted by molar-refractivity contribution is 5.73. The lowest BCUT2D eigenvalue weighted by Gasteiger charge is -2.12. The van der Waals surface area contributed by atoms with E-state index in [0.717, 1.165) is 0 Å². The quantitative estimate of drug-likeness (QED) is 0.557. The van der Waals surface area contributed by atoms with E-state index < -0.39 is 18.0 Å². The predicted octanol–water partition coefficient (Wildman–Crippen LogP) is 0.289. The molecule has 0 saturated heterocycles. The largest absolute Gasteiger partial charge is 0.481 e. The van der Waals surface area contributed by atoms with E-state index in [-0.39, 0.29) is 12.3 Å². The molecule has 0 amide bonds. The highest BCUT2D eigenvalue weighted by atomic mass is 16.4. The number of rotatable bonds is 6. The Labute approximate surface area is 76.5 Å². The van der Waals surface area contributed by atoms with Crippen LogP contribution in [0.2, 0.25) is 0 Å². The van der Waals surface area contributed by atoms with Crippen LogP contribution in [0.25, 0.3) is 0 Å². The molecule has 4 N–H and O–H groups in total. The van der Waals surface area contributed by atoms with E-state index in [1.165, 1.54) is 0 Å². The van der Waals surface area contributed by atoms with Gasteiger partial charge >= 0.3 is 11.9 Å². The van der Waals surface area contributed by atoms with Crippen LogP contribution < -0.4 is 5.73 Å². The molecule has 0 aromatic rings. The molecule has 13 heavy (non-hydrogen) atoms. The van der Waals surface area contributed by atoms with E-state index in [2.05, 4.69) is 0 Å². The van der Waals surface area contributed by atoms with Gasteiger partial charge in [0.05, 0.1) is 0 Å². The molecule has 0 spiro atoms. The van der Waals surface area contributed by atoms with Crippen LogP contribution in [0.1, 0.15) is 26.2 Å². The van der Waals surface area contributed by atoms with Gasteiger partial charge in [-0.15, -0.1) is 0 Å². The summed E-state index contributed by atoms with van der Waals surface area (Å²) < 4.78 is 0. The summed E-state index contributed by atoms with van der Waals surface area (Å²) in [6.45, 7) is 1.80. The summed E-state index contributed by atoms with van der Waals surface area (Å²) in [5.74, 6) is -1.87. The summed E-state index contributed by atoms with van der Waals surface area (Å²) in [5.41, 5.74) is 5.28. The van der Waals surface area contributed by atoms with Gasteiger partial charge < -0.3 is 15.9 Å². The van der Waals surface area contributed by atoms with Gasteiger partial charge in [-0.3, -0.25) is 9.59 Å². The summed E-state index contributed by atoms with van der Waals surface area (Å²) in [6.07, 6.45) is 0.854. The maximum Gasteiger partial charge on any atom is 0.320 e. The van der Waals surface area contributed by atoms with E-state index in [4.69, 9.17) is 15.9 Å². The topological polar surface area (TPSA) is 101 Å². The Morgan fingerprint density at radius 3 is 2.31 bits per heavy atom. The minimum atomic E-state index is -1.04. The molecule has 2 atom stereocenters. The molecule has 0 aliphatic carbocycles. The minimum Gasteiger partial charge on any atom is -0.481 e. The highest BCUT2D eigenvalue weighted by Gasteiger charge is 2.15. The SMILES string of the molecule is CC(CCC(=O)O)CC(N)C(=O)O. The first kappa shape index (κ1) is 11.9. The first-order chi connectivity index (χ1) is 5.93. The molecule has 0 radical (unpaired) electrons. The Morgan fingerprint density at radius 1 is 1.38 bits per heavy atom. The first-order valence-corrected chi connectivity index (χ1v) is 4.13. The molecule has 0 fully saturated rings. The Kier molecular flexibility index (Phi) is 5.06. The Morgan fingerprint density at radius 2 is 1.92 bits per heavy atom. The first-order valence-electron chi connectivity index (χ1n) is 4.13. The van der Waals surface area contributed by atoms with Gasteiger partial charge in [-0.25, -0.2) is 0 Å². The van der Waals surface area contributed by atoms with Crippen molar-refractivity contribution in [3.8, 4) is 0 Å². The van der Waals surface area contributed by atoms with Crippen molar-refractivity contribution in [1.29, 1.82) is 0 Å². The second-order valence-corrected chi connectivity index (χ2v) is 3.22. The molecule has 0 rings (SSSR count). The molecule has 0 aliphatic rings. The van der Waals surface area contributed by atoms with Gasteiger partial charge in [0.25, 0.3) is 0 Å². The zero-order valence-corrected chi connectivity index (χ0v) is 7.56. The third-order valence-electron chi connectivity index (χ3n) is 1.82. The molecule has 5 heteroatoms. The van der Waals surface area contributed by atoms with Crippen LogP contribution in [-0.4, -0.2) is 28.2 Å². The Balaban J connectivity index is 3.67. The lowest BCUT2D eigenvalue weighted by molar-refractivity contribution is -0.138. The van der Waals surface area contributed by atoms with E-state index >= 15 is 0 Å². The summed E-state index contributed by atoms with van der Waals surface area (Å²) in [6, 6.07) is -0.885. The number of aliphatic carboxylic acids is 2. The lowest BCUT2D eigenvalue weighted by atomic mass is 9.97. The van der Waals surface area contributed by atoms with Gasteiger partial charge in [-0.1, -0.05) is 6.92 Å². The standard InChI is InChI=1S/C8H15NO4/c1-5(2-3-7(10)11)4-6(9)8(12)13/h5-6H,2-4,9H2,1H3,(H,10,11)(H,12,13). The van der Waals surface area contributed by atoms with E-state index in [1.54, 1.807) is 6.92 Å². The number of carbonyl (C=O) groups is 2. The van der Waals surface area contributed by atoms with Crippen molar-refractivity contribution in [2.24, 2.45) is 11.7 Å². The van der Waals surface area contributed by atoms with Crippen molar-refractivity contribution in [2.75, 3.05) is 0 Å². The molecule has 76 valence electrons. The fourth-order valence-corrected chi connectivity index (χ4v) is 1.02.